The Morgan fingerprint density at radius 1 is 0.509 bits per heavy atom. The van der Waals surface area contributed by atoms with Crippen LogP contribution in [0.15, 0.2) is 165 Å². The first-order chi connectivity index (χ1) is 26.0. The van der Waals surface area contributed by atoms with Crippen molar-refractivity contribution in [2.75, 3.05) is 46.6 Å². The van der Waals surface area contributed by atoms with Gasteiger partial charge in [0.2, 0.25) is 0 Å². The summed E-state index contributed by atoms with van der Waals surface area (Å²) < 4.78 is 0. The molecule has 0 saturated carbocycles. The van der Waals surface area contributed by atoms with Crippen LogP contribution < -0.4 is 25.8 Å². The standard InChI is InChI=1S/C24H23N3OS.C20H16N2OS/c28-24-19-9-6-11-21(26-15-13-25-14-16-26)23(19)29-22-12-5-4-10-20(22)27(24)17-18-7-2-1-3-8-18;21-16-10-6-9-15-19(16)24-18-12-5-4-11-17(18)22(20(15)23)13-14-7-2-1-3-8-14/h1-12,25H,13-17H2;1-12H,13,21H2. The Kier molecular flexibility index (Phi) is 10.2. The molecule has 264 valence electrons. The lowest BCUT2D eigenvalue weighted by Crippen LogP contribution is -2.43. The molecule has 3 N–H and O–H groups in total. The summed E-state index contributed by atoms with van der Waals surface area (Å²) in [5.74, 6) is 0.0527. The number of hydrogen-bond donors (Lipinski definition) is 2. The molecule has 0 unspecified atom stereocenters. The van der Waals surface area contributed by atoms with E-state index in [9.17, 15) is 9.59 Å². The van der Waals surface area contributed by atoms with Crippen LogP contribution in [0.2, 0.25) is 0 Å². The molecule has 2 amide bonds. The molecule has 0 aliphatic carbocycles. The van der Waals surface area contributed by atoms with Crippen molar-refractivity contribution in [3.63, 3.8) is 0 Å². The third-order valence-electron chi connectivity index (χ3n) is 9.55. The SMILES string of the molecule is Nc1cccc2c1Sc1ccccc1N(Cc1ccccc1)C2=O.O=C1c2cccc(N3CCNCC3)c2Sc2ccccc2N1Cc1ccccc1. The summed E-state index contributed by atoms with van der Waals surface area (Å²) in [6, 6.07) is 48.1. The fourth-order valence-electron chi connectivity index (χ4n) is 6.90. The van der Waals surface area contributed by atoms with Crippen molar-refractivity contribution in [1.82, 2.24) is 5.32 Å². The number of anilines is 4. The largest absolute Gasteiger partial charge is 0.398 e. The maximum Gasteiger partial charge on any atom is 0.259 e. The molecule has 6 aromatic rings. The number of nitrogens with one attached hydrogen (secondary N) is 1. The van der Waals surface area contributed by atoms with Crippen molar-refractivity contribution in [1.29, 1.82) is 0 Å². The first-order valence-electron chi connectivity index (χ1n) is 17.8. The first kappa shape index (κ1) is 34.6. The molecule has 0 bridgehead atoms. The minimum Gasteiger partial charge on any atom is -0.398 e. The van der Waals surface area contributed by atoms with E-state index in [0.29, 0.717) is 24.3 Å². The molecule has 6 aromatic carbocycles. The van der Waals surface area contributed by atoms with Gasteiger partial charge in [-0.15, -0.1) is 0 Å². The Morgan fingerprint density at radius 3 is 1.53 bits per heavy atom. The van der Waals surface area contributed by atoms with Gasteiger partial charge in [-0.2, -0.15) is 0 Å². The molecule has 3 heterocycles. The van der Waals surface area contributed by atoms with E-state index in [1.165, 1.54) is 5.69 Å². The van der Waals surface area contributed by atoms with E-state index in [4.69, 9.17) is 5.73 Å². The Hall–Kier alpha value is -5.48. The fourth-order valence-corrected chi connectivity index (χ4v) is 9.22. The van der Waals surface area contributed by atoms with E-state index in [1.807, 2.05) is 119 Å². The van der Waals surface area contributed by atoms with Gasteiger partial charge in [-0.05, 0) is 59.7 Å². The van der Waals surface area contributed by atoms with Crippen LogP contribution in [0.4, 0.5) is 22.7 Å². The third kappa shape index (κ3) is 7.28. The molecule has 53 heavy (non-hydrogen) atoms. The molecule has 1 fully saturated rings. The molecule has 9 heteroatoms. The van der Waals surface area contributed by atoms with Crippen LogP contribution in [0.1, 0.15) is 31.8 Å². The van der Waals surface area contributed by atoms with E-state index in [0.717, 1.165) is 73.8 Å². The summed E-state index contributed by atoms with van der Waals surface area (Å²) in [4.78, 5) is 37.2. The van der Waals surface area contributed by atoms with Crippen LogP contribution in [0.25, 0.3) is 0 Å². The summed E-state index contributed by atoms with van der Waals surface area (Å²) >= 11 is 3.28. The lowest BCUT2D eigenvalue weighted by Gasteiger charge is -2.31. The van der Waals surface area contributed by atoms with Crippen molar-refractivity contribution < 1.29 is 9.59 Å². The monoisotopic (exact) mass is 733 g/mol. The summed E-state index contributed by atoms with van der Waals surface area (Å²) in [5, 5.41) is 3.41. The van der Waals surface area contributed by atoms with Crippen LogP contribution in [0, 0.1) is 0 Å². The lowest BCUT2D eigenvalue weighted by atomic mass is 10.1. The van der Waals surface area contributed by atoms with Crippen LogP contribution >= 0.6 is 23.5 Å². The van der Waals surface area contributed by atoms with E-state index in [1.54, 1.807) is 23.5 Å². The third-order valence-corrected chi connectivity index (χ3v) is 12.0. The van der Waals surface area contributed by atoms with Crippen molar-refractivity contribution in [2.45, 2.75) is 32.7 Å². The highest BCUT2D eigenvalue weighted by molar-refractivity contribution is 8.00. The normalized spacial score (nSPS) is 14.8. The van der Waals surface area contributed by atoms with Gasteiger partial charge in [0.15, 0.2) is 0 Å². The van der Waals surface area contributed by atoms with Gasteiger partial charge < -0.3 is 25.8 Å². The molecule has 0 aromatic heterocycles. The number of nitrogen functional groups attached to an aromatic ring is 1. The molecule has 9 rings (SSSR count). The maximum atomic E-state index is 13.7. The number of benzene rings is 6. The van der Waals surface area contributed by atoms with E-state index in [-0.39, 0.29) is 11.8 Å². The lowest BCUT2D eigenvalue weighted by molar-refractivity contribution is 0.0975. The van der Waals surface area contributed by atoms with Crippen LogP contribution in [0.5, 0.6) is 0 Å². The summed E-state index contributed by atoms with van der Waals surface area (Å²) in [6.45, 7) is 4.96. The Bertz CT molecular complexity index is 2260. The highest BCUT2D eigenvalue weighted by Crippen LogP contribution is 2.46. The van der Waals surface area contributed by atoms with Crippen LogP contribution in [0.3, 0.4) is 0 Å². The van der Waals surface area contributed by atoms with E-state index < -0.39 is 0 Å². The molecule has 0 radical (unpaired) electrons. The van der Waals surface area contributed by atoms with Gasteiger partial charge >= 0.3 is 0 Å². The van der Waals surface area contributed by atoms with Crippen molar-refractivity contribution in [3.05, 3.63) is 168 Å². The minimum atomic E-state index is -0.0152. The zero-order valence-electron chi connectivity index (χ0n) is 29.2. The summed E-state index contributed by atoms with van der Waals surface area (Å²) in [7, 11) is 0. The second kappa shape index (κ2) is 15.6. The fraction of sp³-hybridized carbons (Fsp3) is 0.136. The van der Waals surface area contributed by atoms with Gasteiger partial charge in [0.1, 0.15) is 0 Å². The number of amides is 2. The average molecular weight is 734 g/mol. The number of nitrogens with zero attached hydrogens (tertiary/aromatic N) is 3. The molecule has 1 saturated heterocycles. The highest BCUT2D eigenvalue weighted by atomic mass is 32.2. The van der Waals surface area contributed by atoms with Gasteiger partial charge in [0, 0.05) is 51.4 Å². The number of fused-ring (bicyclic) bond motifs is 4. The topological polar surface area (TPSA) is 81.9 Å². The molecule has 3 aliphatic heterocycles. The number of carbonyl (C=O) groups excluding carboxylic acids is 2. The highest BCUT2D eigenvalue weighted by Gasteiger charge is 2.31. The number of nitrogens with two attached hydrogens (primary N) is 1. The molecule has 0 spiro atoms. The Labute approximate surface area is 318 Å². The van der Waals surface area contributed by atoms with Gasteiger partial charge in [-0.1, -0.05) is 121 Å². The number of carbonyl (C=O) groups is 2. The zero-order chi connectivity index (χ0) is 36.1. The molecular weight excluding hydrogens is 695 g/mol. The molecular formula is C44H39N5O2S2. The molecule has 0 atom stereocenters. The second-order valence-electron chi connectivity index (χ2n) is 13.0. The van der Waals surface area contributed by atoms with E-state index in [2.05, 4.69) is 46.6 Å². The van der Waals surface area contributed by atoms with Crippen LogP contribution in [-0.2, 0) is 13.1 Å². The van der Waals surface area contributed by atoms with Gasteiger partial charge in [-0.3, -0.25) is 9.59 Å². The van der Waals surface area contributed by atoms with Crippen molar-refractivity contribution >= 4 is 58.1 Å². The first-order valence-corrected chi connectivity index (χ1v) is 19.4. The van der Waals surface area contributed by atoms with Gasteiger partial charge in [0.05, 0.1) is 41.3 Å². The minimum absolute atomic E-state index is 0.0152. The Balaban J connectivity index is 0.000000154. The predicted molar refractivity (Wildman–Crippen MR) is 217 cm³/mol. The molecule has 3 aliphatic rings. The van der Waals surface area contributed by atoms with Crippen LogP contribution in [-0.4, -0.2) is 38.0 Å². The average Bonchev–Trinajstić information content (AvgIpc) is 3.41. The molecule has 7 nitrogen and oxygen atoms in total. The second-order valence-corrected chi connectivity index (χ2v) is 15.1. The number of hydrogen-bond acceptors (Lipinski definition) is 7. The number of para-hydroxylation sites is 2. The summed E-state index contributed by atoms with van der Waals surface area (Å²) in [6.07, 6.45) is 0. The van der Waals surface area contributed by atoms with Gasteiger partial charge in [0.25, 0.3) is 11.8 Å². The zero-order valence-corrected chi connectivity index (χ0v) is 30.8. The maximum absolute atomic E-state index is 13.7. The van der Waals surface area contributed by atoms with E-state index >= 15 is 0 Å². The smallest absolute Gasteiger partial charge is 0.259 e. The van der Waals surface area contributed by atoms with Gasteiger partial charge in [-0.25, -0.2) is 0 Å². The number of rotatable bonds is 5. The van der Waals surface area contributed by atoms with Crippen molar-refractivity contribution in [2.24, 2.45) is 0 Å². The summed E-state index contributed by atoms with van der Waals surface area (Å²) in [5.41, 5.74) is 13.5. The number of piperazine rings is 1. The predicted octanol–water partition coefficient (Wildman–Crippen LogP) is 8.99. The van der Waals surface area contributed by atoms with Crippen molar-refractivity contribution in [3.8, 4) is 0 Å². The Morgan fingerprint density at radius 2 is 0.962 bits per heavy atom. The quantitative estimate of drug-likeness (QED) is 0.171.